The van der Waals surface area contributed by atoms with Crippen LogP contribution in [0.25, 0.3) is 11.1 Å². The van der Waals surface area contributed by atoms with Gasteiger partial charge in [0.05, 0.1) is 0 Å². The first-order valence-corrected chi connectivity index (χ1v) is 10.1. The number of carbonyl (C=O) groups is 2. The highest BCUT2D eigenvalue weighted by Gasteiger charge is 2.10. The Balaban J connectivity index is 1.45. The van der Waals surface area contributed by atoms with Crippen LogP contribution in [-0.4, -0.2) is 23.5 Å². The minimum atomic E-state index is -0.431. The maximum absolute atomic E-state index is 12.3. The van der Waals surface area contributed by atoms with Crippen molar-refractivity contribution < 1.29 is 14.3 Å². The molecule has 0 unspecified atom stereocenters. The Labute approximate surface area is 186 Å². The highest BCUT2D eigenvalue weighted by molar-refractivity contribution is 7.80. The number of carbonyl (C=O) groups excluding carboxylic acids is 2. The molecule has 6 nitrogen and oxygen atoms in total. The third-order valence-electron chi connectivity index (χ3n) is 4.50. The molecule has 0 bridgehead atoms. The van der Waals surface area contributed by atoms with Crippen molar-refractivity contribution in [3.63, 3.8) is 0 Å². The van der Waals surface area contributed by atoms with Crippen LogP contribution in [0, 0.1) is 13.8 Å². The molecule has 0 aliphatic rings. The van der Waals surface area contributed by atoms with Gasteiger partial charge in [0.1, 0.15) is 5.75 Å². The van der Waals surface area contributed by atoms with E-state index in [-0.39, 0.29) is 17.6 Å². The van der Waals surface area contributed by atoms with E-state index in [0.29, 0.717) is 11.3 Å². The Bertz CT molecular complexity index is 1080. The second-order valence-corrected chi connectivity index (χ2v) is 7.37. The highest BCUT2D eigenvalue weighted by atomic mass is 32.1. The Morgan fingerprint density at radius 1 is 0.871 bits per heavy atom. The summed E-state index contributed by atoms with van der Waals surface area (Å²) in [6.45, 7) is 3.66. The van der Waals surface area contributed by atoms with Gasteiger partial charge in [-0.05, 0) is 66.5 Å². The minimum Gasteiger partial charge on any atom is -0.483 e. The molecule has 0 saturated heterocycles. The smallest absolute Gasteiger partial charge is 0.269 e. The summed E-state index contributed by atoms with van der Waals surface area (Å²) < 4.78 is 5.54. The molecule has 2 amide bonds. The standard InChI is InChI=1S/C24H23N3O3S/c1-16-8-9-17(2)21(14-16)30-15-22(28)25-24(31)27-26-23(29)20-12-10-19(11-13-20)18-6-4-3-5-7-18/h3-14H,15H2,1-2H3,(H,26,29)(H2,25,27,28,31). The fourth-order valence-electron chi connectivity index (χ4n) is 2.83. The van der Waals surface area contributed by atoms with Crippen LogP contribution in [-0.2, 0) is 4.79 Å². The van der Waals surface area contributed by atoms with Crippen LogP contribution in [0.2, 0.25) is 0 Å². The van der Waals surface area contributed by atoms with Crippen LogP contribution in [0.5, 0.6) is 5.75 Å². The molecular weight excluding hydrogens is 410 g/mol. The number of aryl methyl sites for hydroxylation is 2. The summed E-state index contributed by atoms with van der Waals surface area (Å²) >= 11 is 5.05. The number of hydrogen-bond acceptors (Lipinski definition) is 4. The second-order valence-electron chi connectivity index (χ2n) is 6.96. The summed E-state index contributed by atoms with van der Waals surface area (Å²) in [5, 5.41) is 2.44. The zero-order chi connectivity index (χ0) is 22.2. The SMILES string of the molecule is Cc1ccc(C)c(OCC(=O)NC(=S)NNC(=O)c2ccc(-c3ccccc3)cc2)c1. The van der Waals surface area contributed by atoms with E-state index in [2.05, 4.69) is 16.2 Å². The van der Waals surface area contributed by atoms with Gasteiger partial charge < -0.3 is 4.74 Å². The number of amides is 2. The van der Waals surface area contributed by atoms with Crippen molar-refractivity contribution in [2.45, 2.75) is 13.8 Å². The summed E-state index contributed by atoms with van der Waals surface area (Å²) in [7, 11) is 0. The van der Waals surface area contributed by atoms with E-state index in [1.54, 1.807) is 12.1 Å². The Morgan fingerprint density at radius 2 is 1.55 bits per heavy atom. The third-order valence-corrected chi connectivity index (χ3v) is 4.70. The summed E-state index contributed by atoms with van der Waals surface area (Å²) in [6.07, 6.45) is 0. The van der Waals surface area contributed by atoms with Gasteiger partial charge >= 0.3 is 0 Å². The quantitative estimate of drug-likeness (QED) is 0.423. The lowest BCUT2D eigenvalue weighted by Gasteiger charge is -2.12. The van der Waals surface area contributed by atoms with Crippen molar-refractivity contribution >= 4 is 29.1 Å². The molecule has 0 radical (unpaired) electrons. The zero-order valence-electron chi connectivity index (χ0n) is 17.3. The minimum absolute atomic E-state index is 0.0242. The van der Waals surface area contributed by atoms with Crippen molar-refractivity contribution in [2.75, 3.05) is 6.61 Å². The Morgan fingerprint density at radius 3 is 2.26 bits per heavy atom. The maximum Gasteiger partial charge on any atom is 0.269 e. The number of benzene rings is 3. The monoisotopic (exact) mass is 433 g/mol. The summed E-state index contributed by atoms with van der Waals surface area (Å²) in [5.41, 5.74) is 9.50. The summed E-state index contributed by atoms with van der Waals surface area (Å²) in [6, 6.07) is 22.8. The average molecular weight is 434 g/mol. The van der Waals surface area contributed by atoms with Crippen LogP contribution in [0.1, 0.15) is 21.5 Å². The number of nitrogens with one attached hydrogen (secondary N) is 3. The highest BCUT2D eigenvalue weighted by Crippen LogP contribution is 2.19. The molecule has 3 rings (SSSR count). The number of hydrogen-bond donors (Lipinski definition) is 3. The van der Waals surface area contributed by atoms with Gasteiger partial charge in [0.15, 0.2) is 11.7 Å². The number of ether oxygens (including phenoxy) is 1. The molecule has 0 aliphatic carbocycles. The van der Waals surface area contributed by atoms with Crippen molar-refractivity contribution in [2.24, 2.45) is 0 Å². The summed E-state index contributed by atoms with van der Waals surface area (Å²) in [5.74, 6) is -0.163. The van der Waals surface area contributed by atoms with Gasteiger partial charge in [0, 0.05) is 5.56 Å². The van der Waals surface area contributed by atoms with Gasteiger partial charge in [0.25, 0.3) is 11.8 Å². The lowest BCUT2D eigenvalue weighted by Crippen LogP contribution is -2.49. The van der Waals surface area contributed by atoms with Crippen LogP contribution in [0.3, 0.4) is 0 Å². The first kappa shape index (κ1) is 22.0. The molecule has 158 valence electrons. The van der Waals surface area contributed by atoms with Gasteiger partial charge in [0.2, 0.25) is 0 Å². The van der Waals surface area contributed by atoms with Crippen molar-refractivity contribution in [1.29, 1.82) is 0 Å². The number of hydrazine groups is 1. The van der Waals surface area contributed by atoms with Gasteiger partial charge in [-0.25, -0.2) is 0 Å². The van der Waals surface area contributed by atoms with Crippen molar-refractivity contribution in [3.05, 3.63) is 89.5 Å². The van der Waals surface area contributed by atoms with Crippen molar-refractivity contribution in [1.82, 2.24) is 16.2 Å². The topological polar surface area (TPSA) is 79.5 Å². The lowest BCUT2D eigenvalue weighted by molar-refractivity contribution is -0.121. The predicted octanol–water partition coefficient (Wildman–Crippen LogP) is 3.68. The molecule has 7 heteroatoms. The molecule has 0 aliphatic heterocycles. The molecule has 0 atom stereocenters. The molecule has 3 aromatic carbocycles. The van der Waals surface area contributed by atoms with Crippen LogP contribution < -0.4 is 20.9 Å². The molecular formula is C24H23N3O3S. The van der Waals surface area contributed by atoms with Gasteiger partial charge in [-0.2, -0.15) is 0 Å². The molecule has 31 heavy (non-hydrogen) atoms. The maximum atomic E-state index is 12.3. The number of rotatable bonds is 5. The fraction of sp³-hybridized carbons (Fsp3) is 0.125. The molecule has 3 aromatic rings. The third kappa shape index (κ3) is 6.38. The van der Waals surface area contributed by atoms with E-state index in [0.717, 1.165) is 22.3 Å². The molecule has 0 aromatic heterocycles. The van der Waals surface area contributed by atoms with E-state index < -0.39 is 5.91 Å². The number of thiocarbonyl (C=S) groups is 1. The largest absolute Gasteiger partial charge is 0.483 e. The molecule has 0 saturated carbocycles. The molecule has 0 spiro atoms. The fourth-order valence-corrected chi connectivity index (χ4v) is 3.00. The van der Waals surface area contributed by atoms with E-state index in [4.69, 9.17) is 17.0 Å². The molecule has 3 N–H and O–H groups in total. The lowest BCUT2D eigenvalue weighted by atomic mass is 10.0. The first-order valence-electron chi connectivity index (χ1n) is 9.68. The molecule has 0 heterocycles. The molecule has 0 fully saturated rings. The van der Waals surface area contributed by atoms with Crippen molar-refractivity contribution in [3.8, 4) is 16.9 Å². The summed E-state index contributed by atoms with van der Waals surface area (Å²) in [4.78, 5) is 24.3. The Hall–Kier alpha value is -3.71. The average Bonchev–Trinajstić information content (AvgIpc) is 2.78. The van der Waals surface area contributed by atoms with E-state index in [9.17, 15) is 9.59 Å². The Kier molecular flexibility index (Phi) is 7.35. The zero-order valence-corrected chi connectivity index (χ0v) is 18.1. The first-order chi connectivity index (χ1) is 14.9. The van der Waals surface area contributed by atoms with Gasteiger partial charge in [-0.3, -0.25) is 25.8 Å². The van der Waals surface area contributed by atoms with Gasteiger partial charge in [-0.1, -0.05) is 54.6 Å². The van der Waals surface area contributed by atoms with Crippen LogP contribution >= 0.6 is 12.2 Å². The van der Waals surface area contributed by atoms with E-state index >= 15 is 0 Å². The van der Waals surface area contributed by atoms with E-state index in [1.165, 1.54) is 0 Å². The normalized spacial score (nSPS) is 10.1. The van der Waals surface area contributed by atoms with Gasteiger partial charge in [-0.15, -0.1) is 0 Å². The predicted molar refractivity (Wildman–Crippen MR) is 125 cm³/mol. The van der Waals surface area contributed by atoms with E-state index in [1.807, 2.05) is 74.5 Å². The van der Waals surface area contributed by atoms with Crippen LogP contribution in [0.4, 0.5) is 0 Å². The van der Waals surface area contributed by atoms with Crippen LogP contribution in [0.15, 0.2) is 72.8 Å². The second kappa shape index (κ2) is 10.4.